The Hall–Kier alpha value is -3.29. The molecule has 11 atom stereocenters. The van der Waals surface area contributed by atoms with E-state index in [0.717, 1.165) is 27.7 Å². The van der Waals surface area contributed by atoms with Gasteiger partial charge in [0.1, 0.15) is 37.1 Å². The molecule has 0 aromatic heterocycles. The highest BCUT2D eigenvalue weighted by molar-refractivity contribution is 6.76. The summed E-state index contributed by atoms with van der Waals surface area (Å²) >= 11 is 17.7. The zero-order chi connectivity index (χ0) is 37.6. The second kappa shape index (κ2) is 17.5. The number of nitrogens with one attached hydrogen (secondary N) is 2. The Bertz CT molecular complexity index is 1450. The molecule has 3 heterocycles. The number of alkyl halides is 3. The molecule has 1 unspecified atom stereocenters. The highest BCUT2D eigenvalue weighted by Crippen LogP contribution is 2.39. The number of hydrogen-bond acceptors (Lipinski definition) is 16. The maximum absolute atomic E-state index is 12.6. The first-order valence-corrected chi connectivity index (χ1v) is 16.6. The minimum atomic E-state index is -2.34. The van der Waals surface area contributed by atoms with Gasteiger partial charge in [-0.3, -0.25) is 29.4 Å². The zero-order valence-corrected chi connectivity index (χ0v) is 30.2. The number of carbonyl (C=O) groups is 5. The molecule has 2 N–H and O–H groups in total. The van der Waals surface area contributed by atoms with Crippen LogP contribution >= 0.6 is 34.8 Å². The number of benzene rings is 1. The van der Waals surface area contributed by atoms with Crippen molar-refractivity contribution < 1.29 is 71.3 Å². The fourth-order valence-electron chi connectivity index (χ4n) is 5.64. The number of rotatable bonds is 10. The van der Waals surface area contributed by atoms with Gasteiger partial charge in [0.15, 0.2) is 30.9 Å². The van der Waals surface area contributed by atoms with Crippen molar-refractivity contribution in [1.82, 2.24) is 5.32 Å². The van der Waals surface area contributed by atoms with E-state index >= 15 is 0 Å². The van der Waals surface area contributed by atoms with E-state index in [1.54, 1.807) is 30.3 Å². The summed E-state index contributed by atoms with van der Waals surface area (Å²) in [5.74, 6) is -4.76. The van der Waals surface area contributed by atoms with Crippen molar-refractivity contribution in [1.29, 1.82) is 5.41 Å². The molecular formula is C31H37Cl3N2O15. The van der Waals surface area contributed by atoms with E-state index in [1.165, 1.54) is 6.92 Å². The lowest BCUT2D eigenvalue weighted by atomic mass is 9.94. The highest BCUT2D eigenvalue weighted by atomic mass is 35.6. The van der Waals surface area contributed by atoms with Crippen LogP contribution in [0.15, 0.2) is 30.3 Å². The van der Waals surface area contributed by atoms with Gasteiger partial charge < -0.3 is 52.7 Å². The van der Waals surface area contributed by atoms with Crippen LogP contribution < -0.4 is 5.32 Å². The number of hydrogen-bond donors (Lipinski definition) is 2. The molecule has 1 aromatic carbocycles. The molecule has 0 radical (unpaired) electrons. The van der Waals surface area contributed by atoms with Crippen LogP contribution in [0, 0.1) is 5.41 Å². The number of esters is 4. The largest absolute Gasteiger partial charge is 0.463 e. The van der Waals surface area contributed by atoms with E-state index < -0.39 is 114 Å². The quantitative estimate of drug-likeness (QED) is 0.114. The van der Waals surface area contributed by atoms with Crippen molar-refractivity contribution in [3.63, 3.8) is 0 Å². The number of ether oxygens (including phenoxy) is 10. The van der Waals surface area contributed by atoms with Gasteiger partial charge in [-0.25, -0.2) is 0 Å². The third kappa shape index (κ3) is 10.9. The smallest absolute Gasteiger partial charge is 0.303 e. The van der Waals surface area contributed by atoms with Crippen LogP contribution in [0.1, 0.15) is 46.5 Å². The first kappa shape index (κ1) is 40.5. The Morgan fingerprint density at radius 1 is 0.784 bits per heavy atom. The van der Waals surface area contributed by atoms with Gasteiger partial charge in [-0.05, 0) is 0 Å². The van der Waals surface area contributed by atoms with Crippen molar-refractivity contribution >= 4 is 70.5 Å². The molecule has 0 saturated carbocycles. The summed E-state index contributed by atoms with van der Waals surface area (Å²) < 4.78 is 56.0. The first-order chi connectivity index (χ1) is 23.9. The average Bonchev–Trinajstić information content (AvgIpc) is 3.03. The van der Waals surface area contributed by atoms with E-state index in [0.29, 0.717) is 5.56 Å². The Kier molecular flexibility index (Phi) is 13.9. The molecule has 3 saturated heterocycles. The molecule has 20 heteroatoms. The maximum atomic E-state index is 12.6. The van der Waals surface area contributed by atoms with Gasteiger partial charge in [-0.15, -0.1) is 0 Å². The molecule has 1 amide bonds. The molecule has 17 nitrogen and oxygen atoms in total. The third-order valence-electron chi connectivity index (χ3n) is 7.51. The number of carbonyl (C=O) groups excluding carboxylic acids is 5. The Morgan fingerprint density at radius 3 is 1.96 bits per heavy atom. The van der Waals surface area contributed by atoms with E-state index in [-0.39, 0.29) is 6.61 Å². The topological polar surface area (TPSA) is 214 Å². The zero-order valence-electron chi connectivity index (χ0n) is 27.9. The highest BCUT2D eigenvalue weighted by Gasteiger charge is 2.58. The van der Waals surface area contributed by atoms with Gasteiger partial charge in [-0.2, -0.15) is 0 Å². The van der Waals surface area contributed by atoms with Crippen LogP contribution in [-0.2, 0) is 71.3 Å². The Labute approximate surface area is 307 Å². The van der Waals surface area contributed by atoms with Gasteiger partial charge in [0.2, 0.25) is 18.1 Å². The van der Waals surface area contributed by atoms with Crippen molar-refractivity contribution in [2.45, 2.75) is 106 Å². The summed E-state index contributed by atoms with van der Waals surface area (Å²) in [6.07, 6.45) is -13.8. The monoisotopic (exact) mass is 782 g/mol. The van der Waals surface area contributed by atoms with Gasteiger partial charge in [0.25, 0.3) is 3.79 Å². The molecule has 4 rings (SSSR count). The third-order valence-corrected chi connectivity index (χ3v) is 8.03. The minimum absolute atomic E-state index is 0.129. The Morgan fingerprint density at radius 2 is 1.39 bits per heavy atom. The van der Waals surface area contributed by atoms with Crippen molar-refractivity contribution in [3.05, 3.63) is 35.9 Å². The second-order valence-electron chi connectivity index (χ2n) is 11.6. The summed E-state index contributed by atoms with van der Waals surface area (Å²) in [5, 5.41) is 10.9. The van der Waals surface area contributed by atoms with Gasteiger partial charge in [0, 0.05) is 40.2 Å². The molecule has 51 heavy (non-hydrogen) atoms. The van der Waals surface area contributed by atoms with E-state index in [2.05, 4.69) is 5.32 Å². The van der Waals surface area contributed by atoms with E-state index in [1.807, 2.05) is 0 Å². The van der Waals surface area contributed by atoms with Crippen molar-refractivity contribution in [2.75, 3.05) is 13.2 Å². The maximum Gasteiger partial charge on any atom is 0.303 e. The molecule has 282 valence electrons. The minimum Gasteiger partial charge on any atom is -0.463 e. The SMILES string of the molecule is CC(=O)N[C@H]1[C@@H](OC(=N)C(Cl)(Cl)Cl)O[C@@H]2COC(c3ccccc3)O[C@@H]2[C@@H]1O[C@@H]1O[C@H](COC(C)=O)[C@H](OC(C)=O)[C@H](OC(C)=O)[C@H]1OC(C)=O. The van der Waals surface area contributed by atoms with Crippen LogP contribution in [-0.4, -0.2) is 114 Å². The lowest BCUT2D eigenvalue weighted by Crippen LogP contribution is -2.70. The molecular weight excluding hydrogens is 747 g/mol. The summed E-state index contributed by atoms with van der Waals surface area (Å²) in [6.45, 7) is 4.87. The van der Waals surface area contributed by atoms with Crippen LogP contribution in [0.5, 0.6) is 0 Å². The lowest BCUT2D eigenvalue weighted by molar-refractivity contribution is -0.373. The van der Waals surface area contributed by atoms with Gasteiger partial charge in [-0.1, -0.05) is 65.1 Å². The fraction of sp³-hybridized carbons (Fsp3) is 0.613. The second-order valence-corrected chi connectivity index (χ2v) is 13.8. The predicted molar refractivity (Wildman–Crippen MR) is 172 cm³/mol. The van der Waals surface area contributed by atoms with Crippen LogP contribution in [0.25, 0.3) is 0 Å². The fourth-order valence-corrected chi connectivity index (χ4v) is 5.77. The molecule has 0 bridgehead atoms. The van der Waals surface area contributed by atoms with Crippen LogP contribution in [0.4, 0.5) is 0 Å². The average molecular weight is 784 g/mol. The molecule has 3 fully saturated rings. The summed E-state index contributed by atoms with van der Waals surface area (Å²) in [6, 6.07) is 7.47. The molecule has 1 aromatic rings. The molecule has 0 spiro atoms. The predicted octanol–water partition coefficient (Wildman–Crippen LogP) is 2.16. The van der Waals surface area contributed by atoms with Gasteiger partial charge in [0.05, 0.1) is 6.61 Å². The normalized spacial score (nSPS) is 32.0. The van der Waals surface area contributed by atoms with Crippen molar-refractivity contribution in [2.24, 2.45) is 0 Å². The summed E-state index contributed by atoms with van der Waals surface area (Å²) in [4.78, 5) is 61.5. The van der Waals surface area contributed by atoms with E-state index in [4.69, 9.17) is 87.6 Å². The molecule has 3 aliphatic heterocycles. The standard InChI is InChI=1S/C31H37Cl3N2O15/c1-13(37)36-21-24(22-20(47-28(21)51-30(35)31(32,33)34)12-43-27(49-22)18-9-7-6-8-10-18)50-29-26(46-17(5)41)25(45-16(4)40)23(44-15(3)39)19(48-29)11-42-14(2)38/h6-10,19-29,35H,11-12H2,1-5H3,(H,36,37)/t19-,20-,21-,22+,23+,24-,25+,26-,27?,28-,29+/m1/s1. The number of fused-ring (bicyclic) bond motifs is 1. The van der Waals surface area contributed by atoms with E-state index in [9.17, 15) is 24.0 Å². The van der Waals surface area contributed by atoms with Crippen LogP contribution in [0.3, 0.4) is 0 Å². The lowest BCUT2D eigenvalue weighted by Gasteiger charge is -2.51. The van der Waals surface area contributed by atoms with Crippen LogP contribution in [0.2, 0.25) is 0 Å². The van der Waals surface area contributed by atoms with Crippen molar-refractivity contribution in [3.8, 4) is 0 Å². The summed E-state index contributed by atoms with van der Waals surface area (Å²) in [7, 11) is 0. The number of amides is 1. The molecule has 0 aliphatic carbocycles. The summed E-state index contributed by atoms with van der Waals surface area (Å²) in [5.41, 5.74) is 0.620. The number of halogens is 3. The van der Waals surface area contributed by atoms with Gasteiger partial charge >= 0.3 is 23.9 Å². The Balaban J connectivity index is 1.81. The molecule has 3 aliphatic rings. The first-order valence-electron chi connectivity index (χ1n) is 15.5.